The van der Waals surface area contributed by atoms with Crippen LogP contribution in [-0.2, 0) is 10.6 Å². The van der Waals surface area contributed by atoms with Gasteiger partial charge in [-0.25, -0.2) is 9.78 Å². The molecule has 4 nitrogen and oxygen atoms in total. The normalized spacial score (nSPS) is 9.69. The number of rotatable bonds is 3. The number of alkyl halides is 1. The second kappa shape index (κ2) is 5.04. The van der Waals surface area contributed by atoms with Gasteiger partial charge in [-0.2, -0.15) is 0 Å². The Bertz CT molecular complexity index is 289. The van der Waals surface area contributed by atoms with E-state index in [-0.39, 0.29) is 11.8 Å². The van der Waals surface area contributed by atoms with Crippen LogP contribution in [0.2, 0.25) is 0 Å². The van der Waals surface area contributed by atoms with E-state index < -0.39 is 6.16 Å². The minimum absolute atomic E-state index is 0.258. The second-order valence-corrected chi connectivity index (χ2v) is 3.11. The summed E-state index contributed by atoms with van der Waals surface area (Å²) in [5.41, 5.74) is 0.686. The molecule has 13 heavy (non-hydrogen) atoms. The highest BCUT2D eigenvalue weighted by Gasteiger charge is 2.08. The summed E-state index contributed by atoms with van der Waals surface area (Å²) in [4.78, 5) is 14.7. The Hall–Kier alpha value is -0.810. The van der Waals surface area contributed by atoms with E-state index in [9.17, 15) is 4.79 Å². The molecule has 0 amide bonds. The molecule has 0 aliphatic carbocycles. The third kappa shape index (κ3) is 3.20. The number of thiazole rings is 1. The molecule has 0 aromatic carbocycles. The molecule has 0 spiro atoms. The maximum atomic E-state index is 10.8. The largest absolute Gasteiger partial charge is 0.515 e. The number of nitrogens with zero attached hydrogens (tertiary/aromatic N) is 1. The van der Waals surface area contributed by atoms with Crippen molar-refractivity contribution in [2.45, 2.75) is 12.8 Å². The predicted octanol–water partition coefficient (Wildman–Crippen LogP) is 2.42. The van der Waals surface area contributed by atoms with Crippen molar-refractivity contribution in [3.8, 4) is 5.19 Å². The van der Waals surface area contributed by atoms with E-state index in [4.69, 9.17) is 16.3 Å². The summed E-state index contributed by atoms with van der Waals surface area (Å²) in [6, 6.07) is 0. The van der Waals surface area contributed by atoms with Gasteiger partial charge in [0, 0.05) is 5.38 Å². The molecule has 0 radical (unpaired) electrons. The minimum Gasteiger partial charge on any atom is -0.434 e. The number of hydrogen-bond donors (Lipinski definition) is 0. The molecule has 1 heterocycles. The van der Waals surface area contributed by atoms with Gasteiger partial charge < -0.3 is 9.47 Å². The number of carbonyl (C=O) groups is 1. The van der Waals surface area contributed by atoms with Crippen LogP contribution in [0.4, 0.5) is 4.79 Å². The Kier molecular flexibility index (Phi) is 3.98. The molecule has 0 N–H and O–H groups in total. The fourth-order valence-electron chi connectivity index (χ4n) is 0.615. The van der Waals surface area contributed by atoms with Gasteiger partial charge in [-0.15, -0.1) is 11.6 Å². The zero-order chi connectivity index (χ0) is 9.68. The molecule has 1 aromatic rings. The summed E-state index contributed by atoms with van der Waals surface area (Å²) in [5.74, 6) is 0.308. The molecule has 0 unspecified atom stereocenters. The van der Waals surface area contributed by atoms with Crippen LogP contribution in [0.5, 0.6) is 5.19 Å². The lowest BCUT2D eigenvalue weighted by atomic mass is 10.6. The Labute approximate surface area is 84.4 Å². The highest BCUT2D eigenvalue weighted by atomic mass is 35.5. The van der Waals surface area contributed by atoms with Gasteiger partial charge >= 0.3 is 6.16 Å². The first-order valence-corrected chi connectivity index (χ1v) is 5.02. The summed E-state index contributed by atoms with van der Waals surface area (Å²) in [6.07, 6.45) is -0.738. The van der Waals surface area contributed by atoms with Gasteiger partial charge in [0.25, 0.3) is 5.19 Å². The summed E-state index contributed by atoms with van der Waals surface area (Å²) in [7, 11) is 0. The van der Waals surface area contributed by atoms with Crippen molar-refractivity contribution in [1.82, 2.24) is 4.98 Å². The number of hydrogen-bond acceptors (Lipinski definition) is 5. The number of carbonyl (C=O) groups excluding carboxylic acids is 1. The quantitative estimate of drug-likeness (QED) is 0.581. The molecule has 0 saturated heterocycles. The van der Waals surface area contributed by atoms with Crippen LogP contribution in [0.15, 0.2) is 5.38 Å². The van der Waals surface area contributed by atoms with E-state index in [1.165, 1.54) is 11.3 Å². The van der Waals surface area contributed by atoms with Crippen LogP contribution < -0.4 is 4.74 Å². The van der Waals surface area contributed by atoms with Crippen molar-refractivity contribution in [3.63, 3.8) is 0 Å². The molecule has 0 aliphatic rings. The third-order valence-corrected chi connectivity index (χ3v) is 2.14. The molecule has 0 bridgehead atoms. The Morgan fingerprint density at radius 2 is 2.54 bits per heavy atom. The van der Waals surface area contributed by atoms with Crippen LogP contribution >= 0.6 is 22.9 Å². The van der Waals surface area contributed by atoms with E-state index in [2.05, 4.69) is 9.72 Å². The lowest BCUT2D eigenvalue weighted by Crippen LogP contribution is -2.09. The predicted molar refractivity (Wildman–Crippen MR) is 49.3 cm³/mol. The molecular weight excluding hydrogens is 214 g/mol. The molecule has 6 heteroatoms. The maximum absolute atomic E-state index is 10.8. The molecule has 0 aliphatic heterocycles. The average molecular weight is 222 g/mol. The van der Waals surface area contributed by atoms with Crippen molar-refractivity contribution >= 4 is 29.1 Å². The van der Waals surface area contributed by atoms with Crippen molar-refractivity contribution in [3.05, 3.63) is 11.1 Å². The van der Waals surface area contributed by atoms with Crippen LogP contribution in [-0.4, -0.2) is 17.7 Å². The Balaban J connectivity index is 2.49. The van der Waals surface area contributed by atoms with Crippen LogP contribution in [0.3, 0.4) is 0 Å². The first-order chi connectivity index (χ1) is 6.26. The monoisotopic (exact) mass is 221 g/mol. The second-order valence-electron chi connectivity index (χ2n) is 2.02. The topological polar surface area (TPSA) is 48.4 Å². The van der Waals surface area contributed by atoms with E-state index in [0.29, 0.717) is 11.6 Å². The van der Waals surface area contributed by atoms with Crippen molar-refractivity contribution < 1.29 is 14.3 Å². The smallest absolute Gasteiger partial charge is 0.434 e. The third-order valence-electron chi connectivity index (χ3n) is 1.10. The van der Waals surface area contributed by atoms with E-state index >= 15 is 0 Å². The molecule has 72 valence electrons. The first kappa shape index (κ1) is 10.3. The van der Waals surface area contributed by atoms with Crippen LogP contribution in [0.25, 0.3) is 0 Å². The van der Waals surface area contributed by atoms with Crippen molar-refractivity contribution in [1.29, 1.82) is 0 Å². The molecular formula is C7H8ClNO3S. The Morgan fingerprint density at radius 1 is 1.77 bits per heavy atom. The summed E-state index contributed by atoms with van der Waals surface area (Å²) < 4.78 is 9.29. The summed E-state index contributed by atoms with van der Waals surface area (Å²) in [5, 5.41) is 1.98. The maximum Gasteiger partial charge on any atom is 0.515 e. The lowest BCUT2D eigenvalue weighted by Gasteiger charge is -1.98. The molecule has 0 saturated carbocycles. The number of aromatic nitrogens is 1. The van der Waals surface area contributed by atoms with Crippen LogP contribution in [0.1, 0.15) is 12.6 Å². The summed E-state index contributed by atoms with van der Waals surface area (Å²) in [6.45, 7) is 1.99. The lowest BCUT2D eigenvalue weighted by molar-refractivity contribution is 0.104. The molecule has 1 rings (SSSR count). The molecule has 0 atom stereocenters. The number of ether oxygens (including phenoxy) is 2. The van der Waals surface area contributed by atoms with E-state index in [0.717, 1.165) is 0 Å². The van der Waals surface area contributed by atoms with E-state index in [1.807, 2.05) is 0 Å². The zero-order valence-electron chi connectivity index (χ0n) is 6.95. The Morgan fingerprint density at radius 3 is 3.08 bits per heavy atom. The van der Waals surface area contributed by atoms with Crippen molar-refractivity contribution in [2.75, 3.05) is 6.61 Å². The van der Waals surface area contributed by atoms with Crippen LogP contribution in [0, 0.1) is 0 Å². The fraction of sp³-hybridized carbons (Fsp3) is 0.429. The highest BCUT2D eigenvalue weighted by molar-refractivity contribution is 7.11. The fourth-order valence-corrected chi connectivity index (χ4v) is 1.50. The average Bonchev–Trinajstić information content (AvgIpc) is 2.52. The first-order valence-electron chi connectivity index (χ1n) is 3.61. The number of halogens is 1. The molecule has 1 aromatic heterocycles. The van der Waals surface area contributed by atoms with Gasteiger partial charge in [0.1, 0.15) is 0 Å². The standard InChI is InChI=1S/C7H8ClNO3S/c1-2-11-7(10)12-6-9-5(3-8)4-13-6/h4H,2-3H2,1H3. The SMILES string of the molecule is CCOC(=O)Oc1nc(CCl)cs1. The van der Waals surface area contributed by atoms with E-state index in [1.54, 1.807) is 12.3 Å². The van der Waals surface area contributed by atoms with Gasteiger partial charge in [-0.3, -0.25) is 0 Å². The van der Waals surface area contributed by atoms with Gasteiger partial charge in [0.2, 0.25) is 0 Å². The van der Waals surface area contributed by atoms with Gasteiger partial charge in [0.05, 0.1) is 18.2 Å². The van der Waals surface area contributed by atoms with Gasteiger partial charge in [-0.1, -0.05) is 11.3 Å². The molecule has 0 fully saturated rings. The minimum atomic E-state index is -0.738. The van der Waals surface area contributed by atoms with Gasteiger partial charge in [-0.05, 0) is 6.92 Å². The van der Waals surface area contributed by atoms with Gasteiger partial charge in [0.15, 0.2) is 0 Å². The van der Waals surface area contributed by atoms with Crippen molar-refractivity contribution in [2.24, 2.45) is 0 Å². The summed E-state index contributed by atoms with van der Waals surface area (Å²) >= 11 is 6.72. The highest BCUT2D eigenvalue weighted by Crippen LogP contribution is 2.19. The zero-order valence-corrected chi connectivity index (χ0v) is 8.52.